The molecular formula is C22H24N6O2. The third kappa shape index (κ3) is 3.47. The van der Waals surface area contributed by atoms with Crippen LogP contribution in [0.25, 0.3) is 11.5 Å². The highest BCUT2D eigenvalue weighted by molar-refractivity contribution is 5.92. The molecule has 1 spiro atoms. The van der Waals surface area contributed by atoms with E-state index in [1.54, 1.807) is 12.3 Å². The summed E-state index contributed by atoms with van der Waals surface area (Å²) in [6.07, 6.45) is 5.94. The Morgan fingerprint density at radius 3 is 2.70 bits per heavy atom. The van der Waals surface area contributed by atoms with Crippen LogP contribution in [0.5, 0.6) is 0 Å². The van der Waals surface area contributed by atoms with E-state index >= 15 is 0 Å². The minimum Gasteiger partial charge on any atom is -0.337 e. The van der Waals surface area contributed by atoms with Crippen molar-refractivity contribution in [1.82, 2.24) is 29.9 Å². The Balaban J connectivity index is 1.26. The van der Waals surface area contributed by atoms with Crippen molar-refractivity contribution in [2.45, 2.75) is 25.3 Å². The molecule has 8 nitrogen and oxygen atoms in total. The minimum atomic E-state index is -0.0131. The first-order chi connectivity index (χ1) is 14.6. The van der Waals surface area contributed by atoms with Crippen LogP contribution in [0.3, 0.4) is 0 Å². The van der Waals surface area contributed by atoms with E-state index in [4.69, 9.17) is 4.52 Å². The van der Waals surface area contributed by atoms with Gasteiger partial charge in [0.15, 0.2) is 5.82 Å². The van der Waals surface area contributed by atoms with Crippen molar-refractivity contribution in [3.63, 3.8) is 0 Å². The van der Waals surface area contributed by atoms with Crippen LogP contribution >= 0.6 is 0 Å². The number of hydrogen-bond acceptors (Lipinski definition) is 7. The van der Waals surface area contributed by atoms with Crippen molar-refractivity contribution >= 4 is 5.91 Å². The van der Waals surface area contributed by atoms with Crippen LogP contribution < -0.4 is 0 Å². The molecule has 0 N–H and O–H groups in total. The van der Waals surface area contributed by atoms with Crippen LogP contribution in [-0.2, 0) is 0 Å². The second-order valence-corrected chi connectivity index (χ2v) is 8.35. The number of benzene rings is 1. The number of carbonyl (C=O) groups excluding carboxylic acids is 1. The van der Waals surface area contributed by atoms with Gasteiger partial charge in [-0.2, -0.15) is 4.98 Å². The van der Waals surface area contributed by atoms with Gasteiger partial charge in [-0.1, -0.05) is 23.4 Å². The van der Waals surface area contributed by atoms with Crippen molar-refractivity contribution < 1.29 is 9.32 Å². The van der Waals surface area contributed by atoms with Gasteiger partial charge in [0.05, 0.1) is 6.04 Å². The summed E-state index contributed by atoms with van der Waals surface area (Å²) in [5.74, 6) is 1.29. The van der Waals surface area contributed by atoms with Gasteiger partial charge in [0.25, 0.3) is 11.8 Å². The molecule has 30 heavy (non-hydrogen) atoms. The molecule has 8 heteroatoms. The molecule has 3 aromatic rings. The van der Waals surface area contributed by atoms with Gasteiger partial charge in [0, 0.05) is 31.4 Å². The largest absolute Gasteiger partial charge is 0.337 e. The van der Waals surface area contributed by atoms with E-state index in [0.717, 1.165) is 50.3 Å². The van der Waals surface area contributed by atoms with Crippen molar-refractivity contribution in [3.05, 3.63) is 60.4 Å². The molecule has 4 heterocycles. The highest BCUT2D eigenvalue weighted by atomic mass is 16.5. The van der Waals surface area contributed by atoms with Crippen LogP contribution in [0, 0.1) is 5.41 Å². The highest BCUT2D eigenvalue weighted by Crippen LogP contribution is 2.48. The molecule has 1 unspecified atom stereocenters. The number of hydrogen-bond donors (Lipinski definition) is 0. The molecule has 2 aliphatic heterocycles. The Morgan fingerprint density at radius 1 is 1.17 bits per heavy atom. The molecule has 0 radical (unpaired) electrons. The highest BCUT2D eigenvalue weighted by Gasteiger charge is 2.46. The SMILES string of the molecule is CN1CC2(CCN(C(=O)c3ccncn3)CC2)CC1c1noc(-c2ccccc2)n1. The topological polar surface area (TPSA) is 88.2 Å². The average Bonchev–Trinajstić information content (AvgIpc) is 3.40. The molecule has 0 aliphatic carbocycles. The lowest BCUT2D eigenvalue weighted by Crippen LogP contribution is -2.44. The van der Waals surface area contributed by atoms with E-state index in [0.29, 0.717) is 11.6 Å². The van der Waals surface area contributed by atoms with E-state index < -0.39 is 0 Å². The molecule has 2 aliphatic rings. The molecule has 0 bridgehead atoms. The fourth-order valence-corrected chi connectivity index (χ4v) is 4.75. The zero-order chi connectivity index (χ0) is 20.6. The van der Waals surface area contributed by atoms with Crippen LogP contribution in [0.15, 0.2) is 53.4 Å². The second kappa shape index (κ2) is 7.60. The Bertz CT molecular complexity index is 1010. The zero-order valence-corrected chi connectivity index (χ0v) is 16.9. The van der Waals surface area contributed by atoms with Crippen LogP contribution in [-0.4, -0.2) is 62.5 Å². The van der Waals surface area contributed by atoms with E-state index in [1.165, 1.54) is 6.33 Å². The summed E-state index contributed by atoms with van der Waals surface area (Å²) in [5, 5.41) is 4.28. The fraction of sp³-hybridized carbons (Fsp3) is 0.409. The van der Waals surface area contributed by atoms with Gasteiger partial charge in [0.2, 0.25) is 0 Å². The fourth-order valence-electron chi connectivity index (χ4n) is 4.75. The van der Waals surface area contributed by atoms with Gasteiger partial charge in [-0.05, 0) is 49.9 Å². The third-order valence-electron chi connectivity index (χ3n) is 6.42. The van der Waals surface area contributed by atoms with Gasteiger partial charge in [0.1, 0.15) is 12.0 Å². The van der Waals surface area contributed by atoms with Gasteiger partial charge in [-0.25, -0.2) is 9.97 Å². The second-order valence-electron chi connectivity index (χ2n) is 8.35. The molecule has 1 aromatic carbocycles. The first kappa shape index (κ1) is 18.9. The number of aromatic nitrogens is 4. The molecular weight excluding hydrogens is 380 g/mol. The van der Waals surface area contributed by atoms with E-state index in [9.17, 15) is 4.79 Å². The third-order valence-corrected chi connectivity index (χ3v) is 6.42. The Morgan fingerprint density at radius 2 is 1.97 bits per heavy atom. The molecule has 5 rings (SSSR count). The van der Waals surface area contributed by atoms with Crippen LogP contribution in [0.1, 0.15) is 41.6 Å². The number of piperidine rings is 1. The predicted molar refractivity (Wildman–Crippen MR) is 109 cm³/mol. The lowest BCUT2D eigenvalue weighted by molar-refractivity contribution is 0.0587. The van der Waals surface area contributed by atoms with Crippen LogP contribution in [0.2, 0.25) is 0 Å². The van der Waals surface area contributed by atoms with Gasteiger partial charge >= 0.3 is 0 Å². The molecule has 2 fully saturated rings. The number of rotatable bonds is 3. The smallest absolute Gasteiger partial charge is 0.272 e. The maximum Gasteiger partial charge on any atom is 0.272 e. The van der Waals surface area contributed by atoms with Gasteiger partial charge in [-0.3, -0.25) is 9.69 Å². The summed E-state index contributed by atoms with van der Waals surface area (Å²) >= 11 is 0. The Labute approximate surface area is 174 Å². The van der Waals surface area contributed by atoms with E-state index in [1.807, 2.05) is 35.2 Å². The monoisotopic (exact) mass is 404 g/mol. The lowest BCUT2D eigenvalue weighted by atomic mass is 9.76. The predicted octanol–water partition coefficient (Wildman–Crippen LogP) is 2.83. The molecule has 1 atom stereocenters. The van der Waals surface area contributed by atoms with Crippen molar-refractivity contribution in [3.8, 4) is 11.5 Å². The summed E-state index contributed by atoms with van der Waals surface area (Å²) in [7, 11) is 2.12. The van der Waals surface area contributed by atoms with E-state index in [2.05, 4.69) is 32.1 Å². The quantitative estimate of drug-likeness (QED) is 0.663. The van der Waals surface area contributed by atoms with E-state index in [-0.39, 0.29) is 17.4 Å². The Kier molecular flexibility index (Phi) is 4.78. The number of nitrogens with zero attached hydrogens (tertiary/aromatic N) is 6. The maximum absolute atomic E-state index is 12.7. The van der Waals surface area contributed by atoms with Gasteiger partial charge in [-0.15, -0.1) is 0 Å². The summed E-state index contributed by atoms with van der Waals surface area (Å²) in [6, 6.07) is 11.7. The number of amides is 1. The average molecular weight is 404 g/mol. The van der Waals surface area contributed by atoms with Crippen molar-refractivity contribution in [1.29, 1.82) is 0 Å². The summed E-state index contributed by atoms with van der Waals surface area (Å²) in [4.78, 5) is 29.6. The number of likely N-dealkylation sites (tertiary alicyclic amines) is 2. The standard InChI is InChI=1S/C22H24N6O2/c1-27-14-22(8-11-28(12-9-22)21(29)17-7-10-23-15-24-17)13-18(27)19-25-20(30-26-19)16-5-3-2-4-6-16/h2-7,10,15,18H,8-9,11-14H2,1H3. The summed E-state index contributed by atoms with van der Waals surface area (Å²) in [6.45, 7) is 2.46. The first-order valence-corrected chi connectivity index (χ1v) is 10.3. The number of carbonyl (C=O) groups is 1. The van der Waals surface area contributed by atoms with Crippen molar-refractivity contribution in [2.75, 3.05) is 26.7 Å². The Hall–Kier alpha value is -3.13. The molecule has 2 aromatic heterocycles. The summed E-state index contributed by atoms with van der Waals surface area (Å²) < 4.78 is 5.53. The minimum absolute atomic E-state index is 0.0131. The summed E-state index contributed by atoms with van der Waals surface area (Å²) in [5.41, 5.74) is 1.57. The molecule has 2 saturated heterocycles. The zero-order valence-electron chi connectivity index (χ0n) is 16.9. The van der Waals surface area contributed by atoms with Gasteiger partial charge < -0.3 is 9.42 Å². The molecule has 1 amide bonds. The van der Waals surface area contributed by atoms with Crippen LogP contribution in [0.4, 0.5) is 0 Å². The van der Waals surface area contributed by atoms with Crippen molar-refractivity contribution in [2.24, 2.45) is 5.41 Å². The normalized spacial score (nSPS) is 21.2. The molecule has 0 saturated carbocycles. The first-order valence-electron chi connectivity index (χ1n) is 10.3. The lowest BCUT2D eigenvalue weighted by Gasteiger charge is -2.39. The maximum atomic E-state index is 12.7. The molecule has 154 valence electrons.